The van der Waals surface area contributed by atoms with E-state index >= 15 is 0 Å². The van der Waals surface area contributed by atoms with E-state index in [0.717, 1.165) is 23.0 Å². The first-order valence-electron chi connectivity index (χ1n) is 7.13. The fourth-order valence-corrected chi connectivity index (χ4v) is 2.70. The van der Waals surface area contributed by atoms with Gasteiger partial charge in [0, 0.05) is 6.04 Å². The Morgan fingerprint density at radius 1 is 1.14 bits per heavy atom. The lowest BCUT2D eigenvalue weighted by atomic mass is 9.97. The molecular formula is C17H18FN3. The topological polar surface area (TPSA) is 43.8 Å². The van der Waals surface area contributed by atoms with Gasteiger partial charge in [-0.05, 0) is 36.2 Å². The molecule has 0 amide bonds. The van der Waals surface area contributed by atoms with Crippen LogP contribution in [-0.2, 0) is 0 Å². The van der Waals surface area contributed by atoms with E-state index in [0.29, 0.717) is 0 Å². The molecule has 0 aliphatic rings. The van der Waals surface area contributed by atoms with Crippen molar-refractivity contribution in [2.24, 2.45) is 5.73 Å². The second-order valence-corrected chi connectivity index (χ2v) is 5.21. The summed E-state index contributed by atoms with van der Waals surface area (Å²) in [6.45, 7) is 2.06. The van der Waals surface area contributed by atoms with E-state index < -0.39 is 0 Å². The summed E-state index contributed by atoms with van der Waals surface area (Å²) in [6.07, 6.45) is 2.64. The molecule has 0 fully saturated rings. The molecule has 2 aromatic carbocycles. The van der Waals surface area contributed by atoms with Crippen LogP contribution in [-0.4, -0.2) is 15.6 Å². The van der Waals surface area contributed by atoms with E-state index in [4.69, 9.17) is 5.73 Å². The van der Waals surface area contributed by atoms with E-state index in [1.54, 1.807) is 12.1 Å². The maximum Gasteiger partial charge on any atom is 0.123 e. The van der Waals surface area contributed by atoms with Gasteiger partial charge in [-0.25, -0.2) is 9.37 Å². The second kappa shape index (κ2) is 5.66. The zero-order chi connectivity index (χ0) is 14.8. The number of hydrogen-bond donors (Lipinski definition) is 1. The van der Waals surface area contributed by atoms with Gasteiger partial charge in [0.15, 0.2) is 0 Å². The summed E-state index contributed by atoms with van der Waals surface area (Å²) < 4.78 is 15.3. The Bertz CT molecular complexity index is 733. The highest BCUT2D eigenvalue weighted by Crippen LogP contribution is 2.27. The fraction of sp³-hybridized carbons (Fsp3) is 0.235. The third-order valence-electron chi connectivity index (χ3n) is 3.87. The number of imidazole rings is 1. The van der Waals surface area contributed by atoms with E-state index in [9.17, 15) is 4.39 Å². The average Bonchev–Trinajstić information content (AvgIpc) is 2.93. The molecule has 0 radical (unpaired) electrons. The summed E-state index contributed by atoms with van der Waals surface area (Å²) in [5.41, 5.74) is 9.30. The van der Waals surface area contributed by atoms with Crippen LogP contribution in [0.1, 0.15) is 24.9 Å². The van der Waals surface area contributed by atoms with Gasteiger partial charge in [-0.2, -0.15) is 0 Å². The van der Waals surface area contributed by atoms with Gasteiger partial charge in [-0.15, -0.1) is 0 Å². The highest BCUT2D eigenvalue weighted by molar-refractivity contribution is 5.75. The molecule has 0 aliphatic heterocycles. The zero-order valence-electron chi connectivity index (χ0n) is 11.9. The third kappa shape index (κ3) is 2.54. The third-order valence-corrected chi connectivity index (χ3v) is 3.87. The molecule has 1 heterocycles. The van der Waals surface area contributed by atoms with Crippen molar-refractivity contribution >= 4 is 11.0 Å². The van der Waals surface area contributed by atoms with Crippen molar-refractivity contribution in [1.29, 1.82) is 0 Å². The SMILES string of the molecule is CCC(N)C(c1ccc(F)cc1)n1cnc2ccccc21. The minimum atomic E-state index is -0.238. The summed E-state index contributed by atoms with van der Waals surface area (Å²) in [4.78, 5) is 4.43. The summed E-state index contributed by atoms with van der Waals surface area (Å²) in [7, 11) is 0. The van der Waals surface area contributed by atoms with Crippen molar-refractivity contribution in [3.8, 4) is 0 Å². The number of benzene rings is 2. The Labute approximate surface area is 123 Å². The molecule has 21 heavy (non-hydrogen) atoms. The van der Waals surface area contributed by atoms with Crippen LogP contribution in [0.3, 0.4) is 0 Å². The Morgan fingerprint density at radius 3 is 2.57 bits per heavy atom. The fourth-order valence-electron chi connectivity index (χ4n) is 2.70. The van der Waals surface area contributed by atoms with Crippen molar-refractivity contribution in [1.82, 2.24) is 9.55 Å². The lowest BCUT2D eigenvalue weighted by molar-refractivity contribution is 0.466. The normalized spacial score (nSPS) is 14.2. The monoisotopic (exact) mass is 283 g/mol. The minimum absolute atomic E-state index is 0.0528. The van der Waals surface area contributed by atoms with Crippen LogP contribution in [0.2, 0.25) is 0 Å². The van der Waals surface area contributed by atoms with Gasteiger partial charge in [0.05, 0.1) is 23.4 Å². The van der Waals surface area contributed by atoms with Crippen LogP contribution in [0.15, 0.2) is 54.9 Å². The highest BCUT2D eigenvalue weighted by atomic mass is 19.1. The molecular weight excluding hydrogens is 265 g/mol. The van der Waals surface area contributed by atoms with Gasteiger partial charge < -0.3 is 10.3 Å². The standard InChI is InChI=1S/C17H18FN3/c1-2-14(19)17(12-7-9-13(18)10-8-12)21-11-20-15-5-3-4-6-16(15)21/h3-11,14,17H,2,19H2,1H3. The van der Waals surface area contributed by atoms with Crippen LogP contribution in [0, 0.1) is 5.82 Å². The predicted molar refractivity (Wildman–Crippen MR) is 82.5 cm³/mol. The van der Waals surface area contributed by atoms with Gasteiger partial charge in [0.25, 0.3) is 0 Å². The van der Waals surface area contributed by atoms with Crippen molar-refractivity contribution in [3.63, 3.8) is 0 Å². The van der Waals surface area contributed by atoms with Gasteiger partial charge in [-0.1, -0.05) is 31.2 Å². The summed E-state index contributed by atoms with van der Waals surface area (Å²) in [5, 5.41) is 0. The molecule has 2 unspecified atom stereocenters. The molecule has 1 aromatic heterocycles. The molecule has 0 aliphatic carbocycles. The summed E-state index contributed by atoms with van der Waals surface area (Å²) in [6, 6.07) is 14.4. The Kier molecular flexibility index (Phi) is 3.71. The molecule has 0 bridgehead atoms. The number of nitrogens with two attached hydrogens (primary N) is 1. The lowest BCUT2D eigenvalue weighted by Gasteiger charge is -2.25. The second-order valence-electron chi connectivity index (χ2n) is 5.21. The quantitative estimate of drug-likeness (QED) is 0.796. The van der Waals surface area contributed by atoms with Crippen molar-refractivity contribution < 1.29 is 4.39 Å². The van der Waals surface area contributed by atoms with E-state index in [-0.39, 0.29) is 17.9 Å². The Balaban J connectivity index is 2.13. The predicted octanol–water partition coefficient (Wildman–Crippen LogP) is 3.50. The first-order valence-corrected chi connectivity index (χ1v) is 7.13. The smallest absolute Gasteiger partial charge is 0.123 e. The van der Waals surface area contributed by atoms with E-state index in [1.165, 1.54) is 12.1 Å². The van der Waals surface area contributed by atoms with Gasteiger partial charge in [0.2, 0.25) is 0 Å². The largest absolute Gasteiger partial charge is 0.326 e. The average molecular weight is 283 g/mol. The first-order chi connectivity index (χ1) is 10.2. The number of rotatable bonds is 4. The van der Waals surface area contributed by atoms with Gasteiger partial charge in [0.1, 0.15) is 5.82 Å². The van der Waals surface area contributed by atoms with Crippen LogP contribution in [0.5, 0.6) is 0 Å². The number of nitrogens with zero attached hydrogens (tertiary/aromatic N) is 2. The summed E-state index contributed by atoms with van der Waals surface area (Å²) in [5.74, 6) is -0.238. The molecule has 2 N–H and O–H groups in total. The number of halogens is 1. The first kappa shape index (κ1) is 13.8. The molecule has 108 valence electrons. The molecule has 0 saturated carbocycles. The van der Waals surface area contributed by atoms with Gasteiger partial charge in [-0.3, -0.25) is 0 Å². The molecule has 0 spiro atoms. The molecule has 3 rings (SSSR count). The van der Waals surface area contributed by atoms with Crippen LogP contribution in [0.4, 0.5) is 4.39 Å². The van der Waals surface area contributed by atoms with Crippen molar-refractivity contribution in [3.05, 3.63) is 66.2 Å². The molecule has 4 heteroatoms. The zero-order valence-corrected chi connectivity index (χ0v) is 11.9. The molecule has 0 saturated heterocycles. The number of aromatic nitrogens is 2. The highest BCUT2D eigenvalue weighted by Gasteiger charge is 2.22. The maximum absolute atomic E-state index is 13.2. The number of hydrogen-bond acceptors (Lipinski definition) is 2. The molecule has 3 nitrogen and oxygen atoms in total. The Hall–Kier alpha value is -2.20. The number of fused-ring (bicyclic) bond motifs is 1. The lowest BCUT2D eigenvalue weighted by Crippen LogP contribution is -2.32. The molecule has 3 aromatic rings. The van der Waals surface area contributed by atoms with Crippen LogP contribution < -0.4 is 5.73 Å². The number of para-hydroxylation sites is 2. The van der Waals surface area contributed by atoms with Crippen molar-refractivity contribution in [2.75, 3.05) is 0 Å². The van der Waals surface area contributed by atoms with E-state index in [1.807, 2.05) is 30.6 Å². The minimum Gasteiger partial charge on any atom is -0.326 e. The van der Waals surface area contributed by atoms with Crippen LogP contribution >= 0.6 is 0 Å². The molecule has 2 atom stereocenters. The Morgan fingerprint density at radius 2 is 1.86 bits per heavy atom. The maximum atomic E-state index is 13.2. The summed E-state index contributed by atoms with van der Waals surface area (Å²) >= 11 is 0. The van der Waals surface area contributed by atoms with Crippen LogP contribution in [0.25, 0.3) is 11.0 Å². The van der Waals surface area contributed by atoms with Crippen molar-refractivity contribution in [2.45, 2.75) is 25.4 Å². The van der Waals surface area contributed by atoms with E-state index in [2.05, 4.69) is 16.5 Å². The van der Waals surface area contributed by atoms with Gasteiger partial charge >= 0.3 is 0 Å².